The quantitative estimate of drug-likeness (QED) is 0.343. The molecule has 1 aliphatic heterocycles. The highest BCUT2D eigenvalue weighted by molar-refractivity contribution is 5.73. The van der Waals surface area contributed by atoms with Gasteiger partial charge in [-0.3, -0.25) is 19.2 Å². The van der Waals surface area contributed by atoms with Gasteiger partial charge in [0.25, 0.3) is 0 Å². The second kappa shape index (κ2) is 10.6. The summed E-state index contributed by atoms with van der Waals surface area (Å²) in [6, 6.07) is -0.968. The Morgan fingerprint density at radius 1 is 1.00 bits per heavy atom. The summed E-state index contributed by atoms with van der Waals surface area (Å²) >= 11 is 0. The Labute approximate surface area is 157 Å². The molecule has 1 rings (SSSR count). The zero-order chi connectivity index (χ0) is 20.6. The van der Waals surface area contributed by atoms with Gasteiger partial charge in [-0.25, -0.2) is 0 Å². The first-order valence-corrected chi connectivity index (χ1v) is 8.28. The van der Waals surface area contributed by atoms with Crippen LogP contribution in [0.15, 0.2) is 12.7 Å². The average molecular weight is 387 g/mol. The Balaban J connectivity index is 3.24. The van der Waals surface area contributed by atoms with Crippen LogP contribution in [-0.4, -0.2) is 67.7 Å². The minimum atomic E-state index is -1.13. The fourth-order valence-electron chi connectivity index (χ4n) is 2.60. The molecule has 0 spiro atoms. The first kappa shape index (κ1) is 22.6. The molecule has 0 aliphatic carbocycles. The van der Waals surface area contributed by atoms with E-state index in [0.29, 0.717) is 0 Å². The van der Waals surface area contributed by atoms with Crippen molar-refractivity contribution in [2.24, 2.45) is 0 Å². The van der Waals surface area contributed by atoms with Gasteiger partial charge in [-0.15, -0.1) is 6.58 Å². The Kier molecular flexibility index (Phi) is 8.89. The molecule has 10 nitrogen and oxygen atoms in total. The molecule has 152 valence electrons. The second-order valence-corrected chi connectivity index (χ2v) is 5.84. The van der Waals surface area contributed by atoms with Crippen LogP contribution in [0.5, 0.6) is 0 Å². The van der Waals surface area contributed by atoms with Crippen molar-refractivity contribution in [1.29, 1.82) is 0 Å². The van der Waals surface area contributed by atoms with Gasteiger partial charge in [0, 0.05) is 27.7 Å². The summed E-state index contributed by atoms with van der Waals surface area (Å²) in [5.74, 6) is -2.34. The van der Waals surface area contributed by atoms with Crippen LogP contribution >= 0.6 is 0 Å². The van der Waals surface area contributed by atoms with E-state index in [9.17, 15) is 19.2 Å². The van der Waals surface area contributed by atoms with Crippen LogP contribution in [0.25, 0.3) is 0 Å². The van der Waals surface area contributed by atoms with Crippen molar-refractivity contribution < 1.29 is 42.9 Å². The van der Waals surface area contributed by atoms with Gasteiger partial charge in [0.15, 0.2) is 18.5 Å². The van der Waals surface area contributed by atoms with Crippen LogP contribution < -0.4 is 5.32 Å². The lowest BCUT2D eigenvalue weighted by molar-refractivity contribution is -0.275. The first-order chi connectivity index (χ1) is 12.6. The molecule has 0 aromatic heterocycles. The van der Waals surface area contributed by atoms with Gasteiger partial charge in [0.2, 0.25) is 5.91 Å². The highest BCUT2D eigenvalue weighted by Gasteiger charge is 2.51. The van der Waals surface area contributed by atoms with E-state index in [0.717, 1.165) is 0 Å². The molecule has 0 bridgehead atoms. The smallest absolute Gasteiger partial charge is 0.303 e. The van der Waals surface area contributed by atoms with Crippen molar-refractivity contribution in [3.05, 3.63) is 12.7 Å². The van der Waals surface area contributed by atoms with Crippen LogP contribution in [0.1, 0.15) is 27.7 Å². The molecule has 1 saturated heterocycles. The van der Waals surface area contributed by atoms with E-state index in [1.165, 1.54) is 33.8 Å². The number of esters is 3. The van der Waals surface area contributed by atoms with Crippen molar-refractivity contribution in [3.63, 3.8) is 0 Å². The molecule has 1 heterocycles. The first-order valence-electron chi connectivity index (χ1n) is 8.28. The summed E-state index contributed by atoms with van der Waals surface area (Å²) in [6.07, 6.45) is -2.84. The maximum atomic E-state index is 11.6. The van der Waals surface area contributed by atoms with Crippen LogP contribution in [-0.2, 0) is 42.9 Å². The summed E-state index contributed by atoms with van der Waals surface area (Å²) in [5.41, 5.74) is 0. The monoisotopic (exact) mass is 387 g/mol. The third-order valence-corrected chi connectivity index (χ3v) is 3.45. The van der Waals surface area contributed by atoms with Gasteiger partial charge in [0.05, 0.1) is 6.61 Å². The summed E-state index contributed by atoms with van der Waals surface area (Å²) in [6.45, 7) is 8.16. The molecule has 0 aromatic rings. The van der Waals surface area contributed by atoms with Crippen molar-refractivity contribution in [2.75, 3.05) is 13.2 Å². The fraction of sp³-hybridized carbons (Fsp3) is 0.647. The molecule has 5 atom stereocenters. The van der Waals surface area contributed by atoms with Crippen LogP contribution in [0.2, 0.25) is 0 Å². The molecular weight excluding hydrogens is 362 g/mol. The molecular formula is C17H25NO9. The Morgan fingerprint density at radius 3 is 2.07 bits per heavy atom. The number of carbonyl (C=O) groups excluding carboxylic acids is 4. The lowest BCUT2D eigenvalue weighted by Crippen LogP contribution is -2.66. The fourth-order valence-corrected chi connectivity index (χ4v) is 2.60. The highest BCUT2D eigenvalue weighted by atomic mass is 16.7. The number of nitrogens with one attached hydrogen (secondary N) is 1. The van der Waals surface area contributed by atoms with Crippen molar-refractivity contribution in [3.8, 4) is 0 Å². The topological polar surface area (TPSA) is 126 Å². The van der Waals surface area contributed by atoms with Crippen molar-refractivity contribution in [2.45, 2.75) is 58.3 Å². The summed E-state index contributed by atoms with van der Waals surface area (Å²) in [5, 5.41) is 2.59. The van der Waals surface area contributed by atoms with Crippen LogP contribution in [0.4, 0.5) is 0 Å². The largest absolute Gasteiger partial charge is 0.463 e. The molecule has 0 radical (unpaired) electrons. The lowest BCUT2D eigenvalue weighted by atomic mass is 9.96. The maximum Gasteiger partial charge on any atom is 0.303 e. The van der Waals surface area contributed by atoms with Gasteiger partial charge in [-0.1, -0.05) is 6.08 Å². The molecule has 1 fully saturated rings. The molecule has 1 aliphatic rings. The van der Waals surface area contributed by atoms with Crippen molar-refractivity contribution in [1.82, 2.24) is 5.32 Å². The maximum absolute atomic E-state index is 11.6. The standard InChI is InChI=1S/C17H25NO9/c1-6-7-23-17-14(18-9(2)19)16(26-12(5)22)15(25-11(4)21)13(27-17)8-24-10(3)20/h6,13-17H,1,7-8H2,2-5H3,(H,18,19)/t13-,14+,15-,16-,17-/m1/s1. The molecule has 1 N–H and O–H groups in total. The number of ether oxygens (including phenoxy) is 5. The predicted octanol–water partition coefficient (Wildman–Crippen LogP) is -0.155. The number of amides is 1. The van der Waals surface area contributed by atoms with E-state index < -0.39 is 54.5 Å². The number of rotatable bonds is 8. The third-order valence-electron chi connectivity index (χ3n) is 3.45. The zero-order valence-corrected chi connectivity index (χ0v) is 15.8. The average Bonchev–Trinajstić information content (AvgIpc) is 2.54. The van der Waals surface area contributed by atoms with Crippen molar-refractivity contribution >= 4 is 23.8 Å². The van der Waals surface area contributed by atoms with Crippen LogP contribution in [0, 0.1) is 0 Å². The lowest BCUT2D eigenvalue weighted by Gasteiger charge is -2.44. The van der Waals surface area contributed by atoms with E-state index in [4.69, 9.17) is 23.7 Å². The highest BCUT2D eigenvalue weighted by Crippen LogP contribution is 2.27. The van der Waals surface area contributed by atoms with E-state index in [1.807, 2.05) is 0 Å². The number of carbonyl (C=O) groups is 4. The normalized spacial score (nSPS) is 27.2. The van der Waals surface area contributed by atoms with E-state index in [2.05, 4.69) is 11.9 Å². The summed E-state index contributed by atoms with van der Waals surface area (Å²) in [4.78, 5) is 46.0. The SMILES string of the molecule is C=CCO[C@@H]1O[C@H](COC(C)=O)[C@@H](OC(C)=O)[C@H](OC(C)=O)[C@@H]1NC(C)=O. The van der Waals surface area contributed by atoms with Crippen LogP contribution in [0.3, 0.4) is 0 Å². The zero-order valence-electron chi connectivity index (χ0n) is 15.8. The van der Waals surface area contributed by atoms with Gasteiger partial charge < -0.3 is 29.0 Å². The van der Waals surface area contributed by atoms with Gasteiger partial charge in [-0.05, 0) is 0 Å². The third kappa shape index (κ3) is 7.35. The summed E-state index contributed by atoms with van der Waals surface area (Å²) in [7, 11) is 0. The molecule has 10 heteroatoms. The molecule has 0 saturated carbocycles. The summed E-state index contributed by atoms with van der Waals surface area (Å²) < 4.78 is 26.8. The molecule has 27 heavy (non-hydrogen) atoms. The Hall–Kier alpha value is -2.46. The van der Waals surface area contributed by atoms with E-state index in [1.54, 1.807) is 0 Å². The van der Waals surface area contributed by atoms with Gasteiger partial charge in [0.1, 0.15) is 18.8 Å². The minimum Gasteiger partial charge on any atom is -0.463 e. The van der Waals surface area contributed by atoms with E-state index in [-0.39, 0.29) is 13.2 Å². The Morgan fingerprint density at radius 2 is 1.59 bits per heavy atom. The predicted molar refractivity (Wildman–Crippen MR) is 90.2 cm³/mol. The Bertz CT molecular complexity index is 577. The van der Waals surface area contributed by atoms with E-state index >= 15 is 0 Å². The molecule has 0 unspecified atom stereocenters. The van der Waals surface area contributed by atoms with Gasteiger partial charge in [-0.2, -0.15) is 0 Å². The minimum absolute atomic E-state index is 0.0755. The van der Waals surface area contributed by atoms with Gasteiger partial charge >= 0.3 is 17.9 Å². The molecule has 1 amide bonds. The number of hydrogen-bond acceptors (Lipinski definition) is 9. The number of hydrogen-bond donors (Lipinski definition) is 1. The second-order valence-electron chi connectivity index (χ2n) is 5.84. The molecule has 0 aromatic carbocycles.